The summed E-state index contributed by atoms with van der Waals surface area (Å²) in [7, 11) is 2.09. The van der Waals surface area contributed by atoms with E-state index >= 15 is 0 Å². The van der Waals surface area contributed by atoms with Crippen LogP contribution in [0.3, 0.4) is 0 Å². The fraction of sp³-hybridized carbons (Fsp3) is 0.333. The first kappa shape index (κ1) is 14.3. The van der Waals surface area contributed by atoms with Crippen LogP contribution in [0, 0.1) is 0 Å². The van der Waals surface area contributed by atoms with Gasteiger partial charge in [0.25, 0.3) is 0 Å². The van der Waals surface area contributed by atoms with E-state index < -0.39 is 0 Å². The van der Waals surface area contributed by atoms with Gasteiger partial charge in [0.1, 0.15) is 0 Å². The van der Waals surface area contributed by atoms with Crippen LogP contribution in [0.2, 0.25) is 0 Å². The van der Waals surface area contributed by atoms with E-state index in [1.807, 2.05) is 0 Å². The molecule has 8 heteroatoms. The number of fused-ring (bicyclic) bond motifs is 2. The molecule has 0 unspecified atom stereocenters. The molecule has 7 nitrogen and oxygen atoms in total. The lowest BCUT2D eigenvalue weighted by atomic mass is 10.2. The van der Waals surface area contributed by atoms with Crippen LogP contribution in [-0.4, -0.2) is 36.3 Å². The molecule has 0 spiro atoms. The van der Waals surface area contributed by atoms with E-state index in [1.54, 1.807) is 18.2 Å². The predicted molar refractivity (Wildman–Crippen MR) is 87.4 cm³/mol. The zero-order chi connectivity index (χ0) is 15.8. The molecule has 0 atom stereocenters. The van der Waals surface area contributed by atoms with Gasteiger partial charge in [0.2, 0.25) is 6.79 Å². The quantitative estimate of drug-likeness (QED) is 0.884. The molecule has 2 aliphatic rings. The number of rotatable bonds is 2. The van der Waals surface area contributed by atoms with E-state index in [0.29, 0.717) is 22.3 Å². The van der Waals surface area contributed by atoms with Crippen molar-refractivity contribution in [1.82, 2.24) is 9.88 Å². The number of amides is 2. The molecular weight excluding hydrogens is 316 g/mol. The Kier molecular flexibility index (Phi) is 3.55. The first-order valence-corrected chi connectivity index (χ1v) is 8.14. The maximum Gasteiger partial charge on any atom is 0.325 e. The lowest BCUT2D eigenvalue weighted by Crippen LogP contribution is -2.25. The summed E-state index contributed by atoms with van der Waals surface area (Å²) in [6.45, 7) is 2.10. The van der Waals surface area contributed by atoms with Crippen molar-refractivity contribution in [3.8, 4) is 11.5 Å². The Balaban J connectivity index is 1.42. The number of urea groups is 1. The summed E-state index contributed by atoms with van der Waals surface area (Å²) in [4.78, 5) is 20.1. The smallest absolute Gasteiger partial charge is 0.325 e. The molecule has 4 rings (SSSR count). The molecule has 2 amide bonds. The Hall–Kier alpha value is -2.32. The first-order valence-electron chi connectivity index (χ1n) is 7.32. The van der Waals surface area contributed by atoms with Crippen molar-refractivity contribution in [3.63, 3.8) is 0 Å². The topological polar surface area (TPSA) is 75.7 Å². The van der Waals surface area contributed by atoms with Crippen LogP contribution in [0.1, 0.15) is 10.6 Å². The SMILES string of the molecule is CN1CCc2nc(NC(=O)Nc3ccc4c(c3)OCO4)sc2C1. The van der Waals surface area contributed by atoms with E-state index in [9.17, 15) is 4.79 Å². The molecule has 0 bridgehead atoms. The number of thiazole rings is 1. The average molecular weight is 332 g/mol. The Bertz CT molecular complexity index is 761. The summed E-state index contributed by atoms with van der Waals surface area (Å²) in [6.07, 6.45) is 0.924. The molecule has 0 saturated heterocycles. The summed E-state index contributed by atoms with van der Waals surface area (Å²) in [5.74, 6) is 1.32. The van der Waals surface area contributed by atoms with Crippen molar-refractivity contribution in [2.45, 2.75) is 13.0 Å². The van der Waals surface area contributed by atoms with Gasteiger partial charge in [0.15, 0.2) is 16.6 Å². The highest BCUT2D eigenvalue weighted by molar-refractivity contribution is 7.15. The van der Waals surface area contributed by atoms with Crippen LogP contribution in [0.25, 0.3) is 0 Å². The normalized spacial score (nSPS) is 16.0. The zero-order valence-electron chi connectivity index (χ0n) is 12.6. The van der Waals surface area contributed by atoms with Gasteiger partial charge >= 0.3 is 6.03 Å². The van der Waals surface area contributed by atoms with Crippen molar-refractivity contribution in [1.29, 1.82) is 0 Å². The van der Waals surface area contributed by atoms with Gasteiger partial charge in [0, 0.05) is 36.1 Å². The molecular formula is C15H16N4O3S. The summed E-state index contributed by atoms with van der Waals surface area (Å²) < 4.78 is 10.5. The summed E-state index contributed by atoms with van der Waals surface area (Å²) >= 11 is 1.53. The maximum atomic E-state index is 12.1. The molecule has 2 aromatic rings. The van der Waals surface area contributed by atoms with E-state index in [2.05, 4.69) is 27.6 Å². The molecule has 23 heavy (non-hydrogen) atoms. The zero-order valence-corrected chi connectivity index (χ0v) is 13.4. The monoisotopic (exact) mass is 332 g/mol. The molecule has 3 heterocycles. The Morgan fingerprint density at radius 3 is 3.09 bits per heavy atom. The summed E-state index contributed by atoms with van der Waals surface area (Å²) in [5, 5.41) is 6.21. The van der Waals surface area contributed by atoms with Crippen LogP contribution >= 0.6 is 11.3 Å². The lowest BCUT2D eigenvalue weighted by Gasteiger charge is -2.20. The minimum absolute atomic E-state index is 0.212. The minimum atomic E-state index is -0.316. The fourth-order valence-corrected chi connectivity index (χ4v) is 3.69. The van der Waals surface area contributed by atoms with Crippen LogP contribution in [0.5, 0.6) is 11.5 Å². The van der Waals surface area contributed by atoms with Crippen LogP contribution in [0.15, 0.2) is 18.2 Å². The first-order chi connectivity index (χ1) is 11.2. The average Bonchev–Trinajstić information content (AvgIpc) is 3.11. The van der Waals surface area contributed by atoms with Gasteiger partial charge in [-0.25, -0.2) is 9.78 Å². The molecule has 0 aliphatic carbocycles. The fourth-order valence-electron chi connectivity index (χ4n) is 2.61. The number of carbonyl (C=O) groups excluding carboxylic acids is 1. The minimum Gasteiger partial charge on any atom is -0.454 e. The Morgan fingerprint density at radius 1 is 1.30 bits per heavy atom. The number of nitrogens with zero attached hydrogens (tertiary/aromatic N) is 2. The molecule has 0 saturated carbocycles. The third-order valence-corrected chi connectivity index (χ3v) is 4.77. The Labute approximate surface area is 137 Å². The number of likely N-dealkylation sites (N-methyl/N-ethyl adjacent to an activating group) is 1. The second-order valence-corrected chi connectivity index (χ2v) is 6.61. The number of ether oxygens (including phenoxy) is 2. The second kappa shape index (κ2) is 5.71. The number of hydrogen-bond donors (Lipinski definition) is 2. The standard InChI is InChI=1S/C15H16N4O3S/c1-19-5-4-10-13(7-19)23-15(17-10)18-14(20)16-9-2-3-11-12(6-9)22-8-21-11/h2-3,6H,4-5,7-8H2,1H3,(H2,16,17,18,20). The van der Waals surface area contributed by atoms with Crippen molar-refractivity contribution in [2.24, 2.45) is 0 Å². The number of nitrogens with one attached hydrogen (secondary N) is 2. The Morgan fingerprint density at radius 2 is 2.17 bits per heavy atom. The third kappa shape index (κ3) is 2.95. The predicted octanol–water partition coefficient (Wildman–Crippen LogP) is 2.50. The van der Waals surface area contributed by atoms with Gasteiger partial charge in [-0.1, -0.05) is 0 Å². The maximum absolute atomic E-state index is 12.1. The number of benzene rings is 1. The van der Waals surface area contributed by atoms with Gasteiger partial charge in [-0.15, -0.1) is 11.3 Å². The van der Waals surface area contributed by atoms with Gasteiger partial charge in [-0.2, -0.15) is 0 Å². The molecule has 0 radical (unpaired) electrons. The summed E-state index contributed by atoms with van der Waals surface area (Å²) in [5.41, 5.74) is 1.74. The van der Waals surface area contributed by atoms with Crippen LogP contribution in [0.4, 0.5) is 15.6 Å². The molecule has 120 valence electrons. The van der Waals surface area contributed by atoms with Crippen molar-refractivity contribution in [2.75, 3.05) is 31.0 Å². The third-order valence-electron chi connectivity index (χ3n) is 3.77. The van der Waals surface area contributed by atoms with Gasteiger partial charge in [-0.3, -0.25) is 5.32 Å². The number of anilines is 2. The van der Waals surface area contributed by atoms with Gasteiger partial charge < -0.3 is 19.7 Å². The van der Waals surface area contributed by atoms with E-state index in [4.69, 9.17) is 9.47 Å². The van der Waals surface area contributed by atoms with E-state index in [1.165, 1.54) is 16.2 Å². The number of hydrogen-bond acceptors (Lipinski definition) is 6. The highest BCUT2D eigenvalue weighted by atomic mass is 32.1. The van der Waals surface area contributed by atoms with Crippen molar-refractivity contribution < 1.29 is 14.3 Å². The highest BCUT2D eigenvalue weighted by Gasteiger charge is 2.19. The number of aromatic nitrogens is 1. The highest BCUT2D eigenvalue weighted by Crippen LogP contribution is 2.34. The van der Waals surface area contributed by atoms with Crippen LogP contribution < -0.4 is 20.1 Å². The van der Waals surface area contributed by atoms with E-state index in [-0.39, 0.29) is 12.8 Å². The lowest BCUT2D eigenvalue weighted by molar-refractivity contribution is 0.174. The van der Waals surface area contributed by atoms with Crippen molar-refractivity contribution in [3.05, 3.63) is 28.8 Å². The van der Waals surface area contributed by atoms with E-state index in [0.717, 1.165) is 25.2 Å². The molecule has 1 aromatic heterocycles. The molecule has 2 aliphatic heterocycles. The molecule has 2 N–H and O–H groups in total. The van der Waals surface area contributed by atoms with Gasteiger partial charge in [-0.05, 0) is 19.2 Å². The van der Waals surface area contributed by atoms with Gasteiger partial charge in [0.05, 0.1) is 5.69 Å². The van der Waals surface area contributed by atoms with Crippen LogP contribution in [-0.2, 0) is 13.0 Å². The molecule has 1 aromatic carbocycles. The number of carbonyl (C=O) groups is 1. The second-order valence-electron chi connectivity index (χ2n) is 5.52. The molecule has 0 fully saturated rings. The largest absolute Gasteiger partial charge is 0.454 e. The van der Waals surface area contributed by atoms with Crippen molar-refractivity contribution >= 4 is 28.2 Å². The summed E-state index contributed by atoms with van der Waals surface area (Å²) in [6, 6.07) is 4.97.